The molecule has 0 aromatic carbocycles. The van der Waals surface area contributed by atoms with Crippen LogP contribution in [0.3, 0.4) is 0 Å². The second kappa shape index (κ2) is 9.50. The normalized spacial score (nSPS) is 17.6. The molecular formula is C19H22F5N5O2. The van der Waals surface area contributed by atoms with Crippen molar-refractivity contribution in [3.8, 4) is 0 Å². The van der Waals surface area contributed by atoms with Gasteiger partial charge in [0.2, 0.25) is 5.92 Å². The number of halogens is 5. The van der Waals surface area contributed by atoms with Crippen molar-refractivity contribution in [2.45, 2.75) is 44.8 Å². The zero-order chi connectivity index (χ0) is 23.4. The number of amides is 1. The Hall–Kier alpha value is -2.89. The van der Waals surface area contributed by atoms with Gasteiger partial charge in [0.1, 0.15) is 11.4 Å². The molecule has 31 heavy (non-hydrogen) atoms. The Morgan fingerprint density at radius 1 is 1.39 bits per heavy atom. The Balaban J connectivity index is 0.00000166. The Morgan fingerprint density at radius 2 is 2.06 bits per heavy atom. The number of carbonyl (C=O) groups is 2. The first kappa shape index (κ1) is 24.4. The fourth-order valence-electron chi connectivity index (χ4n) is 3.46. The van der Waals surface area contributed by atoms with E-state index in [4.69, 9.17) is 0 Å². The zero-order valence-corrected chi connectivity index (χ0v) is 16.8. The van der Waals surface area contributed by atoms with Crippen molar-refractivity contribution in [1.29, 1.82) is 0 Å². The van der Waals surface area contributed by atoms with Crippen LogP contribution in [0.25, 0.3) is 0 Å². The zero-order valence-electron chi connectivity index (χ0n) is 16.8. The van der Waals surface area contributed by atoms with Crippen LogP contribution in [0.2, 0.25) is 0 Å². The van der Waals surface area contributed by atoms with Crippen LogP contribution in [-0.4, -0.2) is 39.9 Å². The van der Waals surface area contributed by atoms with Crippen molar-refractivity contribution < 1.29 is 31.5 Å². The number of rotatable bonds is 5. The summed E-state index contributed by atoms with van der Waals surface area (Å²) in [5, 5.41) is 5.91. The van der Waals surface area contributed by atoms with Crippen molar-refractivity contribution in [1.82, 2.24) is 14.8 Å². The molecule has 3 rings (SSSR count). The molecular weight excluding hydrogens is 425 g/mol. The summed E-state index contributed by atoms with van der Waals surface area (Å²) in [6, 6.07) is 2.62. The number of carbonyl (C=O) groups excluding carboxylic acids is 2. The highest BCUT2D eigenvalue weighted by Crippen LogP contribution is 2.40. The van der Waals surface area contributed by atoms with Crippen LogP contribution in [0, 0.1) is 12.8 Å². The number of hydrogen-bond donors (Lipinski definition) is 2. The Morgan fingerprint density at radius 3 is 2.61 bits per heavy atom. The first-order chi connectivity index (χ1) is 14.5. The topological polar surface area (TPSA) is 103 Å². The van der Waals surface area contributed by atoms with Gasteiger partial charge < -0.3 is 11.1 Å². The molecule has 2 heterocycles. The first-order valence-electron chi connectivity index (χ1n) is 9.33. The van der Waals surface area contributed by atoms with Crippen LogP contribution in [-0.2, 0) is 12.7 Å². The molecule has 0 bridgehead atoms. The van der Waals surface area contributed by atoms with E-state index in [1.54, 1.807) is 0 Å². The maximum Gasteiger partial charge on any atom is 0.435 e. The molecule has 3 N–H and O–H groups in total. The van der Waals surface area contributed by atoms with Crippen LogP contribution in [0.5, 0.6) is 0 Å². The number of anilines is 1. The third kappa shape index (κ3) is 5.84. The van der Waals surface area contributed by atoms with Gasteiger partial charge in [-0.2, -0.15) is 18.3 Å². The number of pyridine rings is 1. The molecule has 2 aromatic rings. The summed E-state index contributed by atoms with van der Waals surface area (Å²) in [7, 11) is 1.50. The number of aromatic nitrogens is 3. The van der Waals surface area contributed by atoms with Crippen molar-refractivity contribution in [2.75, 3.05) is 12.4 Å². The van der Waals surface area contributed by atoms with Gasteiger partial charge in [-0.15, -0.1) is 0 Å². The number of aldehydes is 1. The smallest absolute Gasteiger partial charge is 0.333 e. The molecule has 0 radical (unpaired) electrons. The van der Waals surface area contributed by atoms with Gasteiger partial charge in [-0.05, 0) is 38.4 Å². The Labute approximate surface area is 174 Å². The lowest BCUT2D eigenvalue weighted by Gasteiger charge is -2.14. The summed E-state index contributed by atoms with van der Waals surface area (Å²) in [4.78, 5) is 27.2. The highest BCUT2D eigenvalue weighted by atomic mass is 19.4. The van der Waals surface area contributed by atoms with Gasteiger partial charge in [0.05, 0.1) is 0 Å². The van der Waals surface area contributed by atoms with Gasteiger partial charge >= 0.3 is 6.18 Å². The van der Waals surface area contributed by atoms with Gasteiger partial charge in [-0.3, -0.25) is 19.3 Å². The van der Waals surface area contributed by atoms with Gasteiger partial charge in [-0.1, -0.05) is 0 Å². The van der Waals surface area contributed by atoms with Crippen LogP contribution in [0.1, 0.15) is 51.5 Å². The Bertz CT molecular complexity index is 942. The molecule has 1 amide bonds. The van der Waals surface area contributed by atoms with Crippen LogP contribution < -0.4 is 11.1 Å². The first-order valence-corrected chi connectivity index (χ1v) is 9.33. The molecule has 12 heteroatoms. The molecule has 1 aliphatic rings. The summed E-state index contributed by atoms with van der Waals surface area (Å²) < 4.78 is 67.7. The maximum absolute atomic E-state index is 13.5. The lowest BCUT2D eigenvalue weighted by molar-refractivity contribution is -0.142. The maximum atomic E-state index is 13.5. The highest BCUT2D eigenvalue weighted by Gasteiger charge is 2.42. The van der Waals surface area contributed by atoms with Crippen molar-refractivity contribution >= 4 is 17.9 Å². The second-order valence-corrected chi connectivity index (χ2v) is 7.01. The van der Waals surface area contributed by atoms with Crippen molar-refractivity contribution in [2.24, 2.45) is 11.7 Å². The monoisotopic (exact) mass is 447 g/mol. The fraction of sp³-hybridized carbons (Fsp3) is 0.474. The largest absolute Gasteiger partial charge is 0.435 e. The number of nitrogens with two attached hydrogens (primary N) is 1. The molecule has 170 valence electrons. The molecule has 0 saturated heterocycles. The van der Waals surface area contributed by atoms with E-state index in [1.165, 1.54) is 25.4 Å². The molecule has 2 aromatic heterocycles. The van der Waals surface area contributed by atoms with Crippen molar-refractivity contribution in [3.63, 3.8) is 0 Å². The van der Waals surface area contributed by atoms with E-state index in [0.29, 0.717) is 6.29 Å². The van der Waals surface area contributed by atoms with Gasteiger partial charge in [0.15, 0.2) is 12.0 Å². The lowest BCUT2D eigenvalue weighted by atomic mass is 10.1. The summed E-state index contributed by atoms with van der Waals surface area (Å²) in [5.41, 5.74) is 2.68. The molecule has 1 fully saturated rings. The van der Waals surface area contributed by atoms with Crippen LogP contribution in [0.4, 0.5) is 27.6 Å². The van der Waals surface area contributed by atoms with Gasteiger partial charge in [0, 0.05) is 36.8 Å². The molecule has 1 aliphatic carbocycles. The average molecular weight is 447 g/mol. The van der Waals surface area contributed by atoms with Crippen LogP contribution in [0.15, 0.2) is 18.3 Å². The molecule has 0 aliphatic heterocycles. The molecule has 0 spiro atoms. The second-order valence-electron chi connectivity index (χ2n) is 7.01. The summed E-state index contributed by atoms with van der Waals surface area (Å²) in [6.07, 6.45) is -3.79. The minimum atomic E-state index is -4.80. The number of hydrogen-bond acceptors (Lipinski definition) is 5. The van der Waals surface area contributed by atoms with E-state index < -0.39 is 41.6 Å². The Kier molecular flexibility index (Phi) is 7.47. The standard InChI is InChI=1S/C18H17F5N4O2.CH5N/c1-10-14(16(29)25-12-3-5-24-13(6-12)9-28)27(26-15(10)18(21,22)23)8-11-2-4-17(19,20)7-11;1-2/h3,5-6,9,11H,2,4,7-8H2,1H3,(H,24,25,29);2H2,1H3. The quantitative estimate of drug-likeness (QED) is 0.538. The van der Waals surface area contributed by atoms with Gasteiger partial charge in [-0.25, -0.2) is 8.78 Å². The SMILES string of the molecule is CN.Cc1c(C(F)(F)F)nn(CC2CCC(F)(F)C2)c1C(=O)Nc1ccnc(C=O)c1. The minimum absolute atomic E-state index is 0.0252. The highest BCUT2D eigenvalue weighted by molar-refractivity contribution is 6.04. The van der Waals surface area contributed by atoms with E-state index in [9.17, 15) is 31.5 Å². The predicted octanol–water partition coefficient (Wildman–Crippen LogP) is 3.68. The molecule has 1 unspecified atom stereocenters. The average Bonchev–Trinajstić information content (AvgIpc) is 3.22. The van der Waals surface area contributed by atoms with E-state index in [0.717, 1.165) is 11.6 Å². The number of nitrogens with zero attached hydrogens (tertiary/aromatic N) is 3. The van der Waals surface area contributed by atoms with Gasteiger partial charge in [0.25, 0.3) is 5.91 Å². The predicted molar refractivity (Wildman–Crippen MR) is 102 cm³/mol. The van der Waals surface area contributed by atoms with E-state index in [2.05, 4.69) is 21.1 Å². The summed E-state index contributed by atoms with van der Waals surface area (Å²) in [6.45, 7) is 0.874. The van der Waals surface area contributed by atoms with E-state index in [-0.39, 0.29) is 36.5 Å². The third-order valence-electron chi connectivity index (χ3n) is 4.77. The lowest BCUT2D eigenvalue weighted by Crippen LogP contribution is -2.22. The number of nitrogens with one attached hydrogen (secondary N) is 1. The minimum Gasteiger partial charge on any atom is -0.333 e. The van der Waals surface area contributed by atoms with E-state index in [1.807, 2.05) is 0 Å². The van der Waals surface area contributed by atoms with Crippen molar-refractivity contribution in [3.05, 3.63) is 41.0 Å². The summed E-state index contributed by atoms with van der Waals surface area (Å²) >= 11 is 0. The molecule has 1 saturated carbocycles. The third-order valence-corrected chi connectivity index (χ3v) is 4.77. The van der Waals surface area contributed by atoms with Crippen LogP contribution >= 0.6 is 0 Å². The number of alkyl halides is 5. The molecule has 1 atom stereocenters. The van der Waals surface area contributed by atoms with E-state index >= 15 is 0 Å². The fourth-order valence-corrected chi connectivity index (χ4v) is 3.46. The summed E-state index contributed by atoms with van der Waals surface area (Å²) in [5.74, 6) is -4.36. The molecule has 7 nitrogen and oxygen atoms in total.